The highest BCUT2D eigenvalue weighted by atomic mass is 16.5. The molecule has 0 bridgehead atoms. The minimum absolute atomic E-state index is 0.114. The summed E-state index contributed by atoms with van der Waals surface area (Å²) in [6.07, 6.45) is 4.22. The van der Waals surface area contributed by atoms with Crippen molar-refractivity contribution in [2.24, 2.45) is 0 Å². The molecule has 1 amide bonds. The zero-order chi connectivity index (χ0) is 23.2. The van der Waals surface area contributed by atoms with E-state index in [4.69, 9.17) is 9.15 Å². The van der Waals surface area contributed by atoms with Crippen molar-refractivity contribution in [2.75, 3.05) is 13.2 Å². The van der Waals surface area contributed by atoms with Gasteiger partial charge in [0.25, 0.3) is 0 Å². The zero-order valence-corrected chi connectivity index (χ0v) is 19.4. The summed E-state index contributed by atoms with van der Waals surface area (Å²) >= 11 is 0. The molecule has 4 rings (SSSR count). The van der Waals surface area contributed by atoms with Gasteiger partial charge in [-0.1, -0.05) is 60.2 Å². The third-order valence-corrected chi connectivity index (χ3v) is 5.67. The highest BCUT2D eigenvalue weighted by molar-refractivity contribution is 6.00. The van der Waals surface area contributed by atoms with Gasteiger partial charge >= 0.3 is 0 Å². The zero-order valence-electron chi connectivity index (χ0n) is 19.4. The van der Waals surface area contributed by atoms with Crippen molar-refractivity contribution in [3.8, 4) is 16.9 Å². The van der Waals surface area contributed by atoms with E-state index in [0.717, 1.165) is 39.7 Å². The number of fused-ring (bicyclic) bond motifs is 1. The summed E-state index contributed by atoms with van der Waals surface area (Å²) in [4.78, 5) is 12.6. The fourth-order valence-corrected chi connectivity index (χ4v) is 3.89. The molecular weight excluding hydrogens is 410 g/mol. The first kappa shape index (κ1) is 22.4. The Labute approximate surface area is 194 Å². The van der Waals surface area contributed by atoms with Gasteiger partial charge in [-0.3, -0.25) is 4.79 Å². The predicted octanol–water partition coefficient (Wildman–Crippen LogP) is 6.57. The minimum atomic E-state index is -0.114. The summed E-state index contributed by atoms with van der Waals surface area (Å²) in [6.45, 7) is 7.07. The molecule has 0 aliphatic heterocycles. The van der Waals surface area contributed by atoms with Gasteiger partial charge in [0.05, 0.1) is 12.9 Å². The van der Waals surface area contributed by atoms with Crippen LogP contribution in [0.3, 0.4) is 0 Å². The van der Waals surface area contributed by atoms with Gasteiger partial charge in [0.15, 0.2) is 0 Å². The van der Waals surface area contributed by atoms with Crippen LogP contribution >= 0.6 is 0 Å². The quantitative estimate of drug-likeness (QED) is 0.316. The van der Waals surface area contributed by atoms with Crippen molar-refractivity contribution in [1.29, 1.82) is 0 Å². The lowest BCUT2D eigenvalue weighted by atomic mass is 9.98. The number of furan rings is 1. The SMILES string of the molecule is CCOc1cc2occ(-c3ccc(C)cc3)c2cc1/C(C)=C/C(=O)NCCc1ccccc1. The maximum Gasteiger partial charge on any atom is 0.244 e. The molecule has 0 unspecified atom stereocenters. The van der Waals surface area contributed by atoms with E-state index in [0.29, 0.717) is 18.9 Å². The Morgan fingerprint density at radius 3 is 2.55 bits per heavy atom. The van der Waals surface area contributed by atoms with Crippen LogP contribution in [0.1, 0.15) is 30.5 Å². The number of carbonyl (C=O) groups excluding carboxylic acids is 1. The first-order valence-corrected chi connectivity index (χ1v) is 11.3. The number of allylic oxidation sites excluding steroid dienone is 1. The molecule has 3 aromatic carbocycles. The third-order valence-electron chi connectivity index (χ3n) is 5.67. The Morgan fingerprint density at radius 2 is 1.82 bits per heavy atom. The molecule has 0 saturated carbocycles. The van der Waals surface area contributed by atoms with Gasteiger partial charge in [0.2, 0.25) is 5.91 Å². The van der Waals surface area contributed by atoms with Crippen molar-refractivity contribution in [2.45, 2.75) is 27.2 Å². The molecule has 0 spiro atoms. The fourth-order valence-electron chi connectivity index (χ4n) is 3.89. The fraction of sp³-hybridized carbons (Fsp3) is 0.207. The normalized spacial score (nSPS) is 11.5. The molecule has 0 aliphatic carbocycles. The average Bonchev–Trinajstić information content (AvgIpc) is 3.23. The first-order valence-electron chi connectivity index (χ1n) is 11.3. The Hall–Kier alpha value is -3.79. The highest BCUT2D eigenvalue weighted by Crippen LogP contribution is 2.37. The Bertz CT molecular complexity index is 1270. The summed E-state index contributed by atoms with van der Waals surface area (Å²) in [6, 6.07) is 22.5. The second-order valence-corrected chi connectivity index (χ2v) is 8.15. The van der Waals surface area contributed by atoms with Crippen molar-refractivity contribution in [3.05, 3.63) is 95.8 Å². The maximum absolute atomic E-state index is 12.6. The van der Waals surface area contributed by atoms with Gasteiger partial charge in [-0.05, 0) is 50.0 Å². The molecule has 1 aromatic heterocycles. The van der Waals surface area contributed by atoms with Crippen LogP contribution in [0.15, 0.2) is 83.5 Å². The standard InChI is InChI=1S/C29H29NO3/c1-4-32-27-18-28-25(26(19-33-28)23-12-10-20(2)11-13-23)17-24(27)21(3)16-29(31)30-15-14-22-8-6-5-7-9-22/h5-13,16-19H,4,14-15H2,1-3H3,(H,30,31)/b21-16+. The largest absolute Gasteiger partial charge is 0.493 e. The van der Waals surface area contributed by atoms with Gasteiger partial charge in [-0.15, -0.1) is 0 Å². The van der Waals surface area contributed by atoms with E-state index in [2.05, 4.69) is 54.7 Å². The summed E-state index contributed by atoms with van der Waals surface area (Å²) in [5.74, 6) is 0.595. The molecule has 0 atom stereocenters. The monoisotopic (exact) mass is 439 g/mol. The number of benzene rings is 3. The predicted molar refractivity (Wildman–Crippen MR) is 134 cm³/mol. The number of carbonyl (C=O) groups is 1. The molecule has 0 fully saturated rings. The van der Waals surface area contributed by atoms with Crippen LogP contribution in [0, 0.1) is 6.92 Å². The molecule has 33 heavy (non-hydrogen) atoms. The van der Waals surface area contributed by atoms with Crippen LogP contribution in [-0.4, -0.2) is 19.1 Å². The molecule has 0 aliphatic rings. The number of aryl methyl sites for hydroxylation is 1. The average molecular weight is 440 g/mol. The first-order chi connectivity index (χ1) is 16.0. The lowest BCUT2D eigenvalue weighted by Crippen LogP contribution is -2.23. The van der Waals surface area contributed by atoms with Crippen LogP contribution in [0.25, 0.3) is 27.7 Å². The molecule has 0 radical (unpaired) electrons. The number of nitrogens with one attached hydrogen (secondary N) is 1. The van der Waals surface area contributed by atoms with E-state index in [1.165, 1.54) is 11.1 Å². The van der Waals surface area contributed by atoms with E-state index in [1.807, 2.05) is 38.1 Å². The van der Waals surface area contributed by atoms with Gasteiger partial charge < -0.3 is 14.5 Å². The van der Waals surface area contributed by atoms with Crippen LogP contribution in [0.5, 0.6) is 5.75 Å². The number of ether oxygens (including phenoxy) is 1. The van der Waals surface area contributed by atoms with Crippen LogP contribution < -0.4 is 10.1 Å². The molecule has 4 heteroatoms. The third kappa shape index (κ3) is 5.35. The summed E-state index contributed by atoms with van der Waals surface area (Å²) in [7, 11) is 0. The molecule has 4 aromatic rings. The van der Waals surface area contributed by atoms with Crippen LogP contribution in [0.2, 0.25) is 0 Å². The number of hydrogen-bond acceptors (Lipinski definition) is 3. The second kappa shape index (κ2) is 10.2. The topological polar surface area (TPSA) is 51.5 Å². The highest BCUT2D eigenvalue weighted by Gasteiger charge is 2.15. The van der Waals surface area contributed by atoms with Crippen molar-refractivity contribution < 1.29 is 13.9 Å². The molecule has 1 heterocycles. The molecule has 0 saturated heterocycles. The Balaban J connectivity index is 1.60. The number of rotatable bonds is 8. The lowest BCUT2D eigenvalue weighted by Gasteiger charge is -2.12. The Kier molecular flexibility index (Phi) is 6.94. The lowest BCUT2D eigenvalue weighted by molar-refractivity contribution is -0.116. The van der Waals surface area contributed by atoms with Crippen molar-refractivity contribution in [1.82, 2.24) is 5.32 Å². The smallest absolute Gasteiger partial charge is 0.244 e. The van der Waals surface area contributed by atoms with E-state index < -0.39 is 0 Å². The molecule has 1 N–H and O–H groups in total. The second-order valence-electron chi connectivity index (χ2n) is 8.15. The molecule has 168 valence electrons. The van der Waals surface area contributed by atoms with Gasteiger partial charge in [0.1, 0.15) is 11.3 Å². The minimum Gasteiger partial charge on any atom is -0.493 e. The van der Waals surface area contributed by atoms with Gasteiger partial charge in [0, 0.05) is 35.2 Å². The maximum atomic E-state index is 12.6. The molecular formula is C29H29NO3. The van der Waals surface area contributed by atoms with Gasteiger partial charge in [-0.25, -0.2) is 0 Å². The summed E-state index contributed by atoms with van der Waals surface area (Å²) in [5, 5.41) is 3.98. The van der Waals surface area contributed by atoms with Crippen molar-refractivity contribution >= 4 is 22.4 Å². The Morgan fingerprint density at radius 1 is 1.06 bits per heavy atom. The summed E-state index contributed by atoms with van der Waals surface area (Å²) < 4.78 is 11.7. The number of amides is 1. The number of hydrogen-bond donors (Lipinski definition) is 1. The van der Waals surface area contributed by atoms with E-state index >= 15 is 0 Å². The molecule has 4 nitrogen and oxygen atoms in total. The van der Waals surface area contributed by atoms with E-state index in [-0.39, 0.29) is 5.91 Å². The summed E-state index contributed by atoms with van der Waals surface area (Å²) in [5.41, 5.74) is 7.02. The van der Waals surface area contributed by atoms with Gasteiger partial charge in [-0.2, -0.15) is 0 Å². The van der Waals surface area contributed by atoms with E-state index in [1.54, 1.807) is 12.3 Å². The van der Waals surface area contributed by atoms with Crippen LogP contribution in [0.4, 0.5) is 0 Å². The van der Waals surface area contributed by atoms with E-state index in [9.17, 15) is 4.79 Å². The van der Waals surface area contributed by atoms with Crippen molar-refractivity contribution in [3.63, 3.8) is 0 Å². The van der Waals surface area contributed by atoms with Crippen LogP contribution in [-0.2, 0) is 11.2 Å².